The largest absolute Gasteiger partial charge is 0.487 e. The van der Waals surface area contributed by atoms with E-state index in [-0.39, 0.29) is 0 Å². The lowest BCUT2D eigenvalue weighted by Crippen LogP contribution is -2.05. The van der Waals surface area contributed by atoms with Gasteiger partial charge < -0.3 is 4.74 Å². The number of hydrogen-bond donors (Lipinski definition) is 0. The van der Waals surface area contributed by atoms with Crippen LogP contribution in [0.5, 0.6) is 5.75 Å². The van der Waals surface area contributed by atoms with Gasteiger partial charge in [-0.15, -0.1) is 0 Å². The lowest BCUT2D eigenvalue weighted by molar-refractivity contribution is 0.290. The molecular weight excluding hydrogens is 340 g/mol. The third kappa shape index (κ3) is 3.01. The third-order valence-corrected chi connectivity index (χ3v) is 4.41. The number of aryl methyl sites for hydroxylation is 4. The molecule has 0 aliphatic heterocycles. The summed E-state index contributed by atoms with van der Waals surface area (Å²) in [6.07, 6.45) is 0.896. The average Bonchev–Trinajstić information content (AvgIpc) is 2.64. The molecule has 2 rings (SSSR count). The Kier molecular flexibility index (Phi) is 4.76. The van der Waals surface area contributed by atoms with Crippen LogP contribution < -0.4 is 4.74 Å². The van der Waals surface area contributed by atoms with E-state index >= 15 is 0 Å². The van der Waals surface area contributed by atoms with Crippen LogP contribution in [0.4, 0.5) is 0 Å². The van der Waals surface area contributed by atoms with Crippen molar-refractivity contribution in [1.29, 1.82) is 0 Å². The van der Waals surface area contributed by atoms with E-state index in [1.165, 1.54) is 0 Å². The molecule has 0 spiro atoms. The Morgan fingerprint density at radius 3 is 2.40 bits per heavy atom. The molecule has 0 atom stereocenters. The highest BCUT2D eigenvalue weighted by Crippen LogP contribution is 2.29. The quantitative estimate of drug-likeness (QED) is 0.800. The summed E-state index contributed by atoms with van der Waals surface area (Å²) >= 11 is 9.63. The molecule has 0 saturated carbocycles. The maximum atomic E-state index is 6.03. The Bertz CT molecular complexity index is 614. The Labute approximate surface area is 133 Å². The van der Waals surface area contributed by atoms with Crippen LogP contribution in [0.2, 0.25) is 5.02 Å². The summed E-state index contributed by atoms with van der Waals surface area (Å²) in [5.41, 5.74) is 4.18. The summed E-state index contributed by atoms with van der Waals surface area (Å²) in [4.78, 5) is 0. The molecule has 5 heteroatoms. The predicted octanol–water partition coefficient (Wildman–Crippen LogP) is 4.59. The summed E-state index contributed by atoms with van der Waals surface area (Å²) in [5.74, 6) is 0.889. The molecule has 3 nitrogen and oxygen atoms in total. The highest BCUT2D eigenvalue weighted by Gasteiger charge is 2.14. The molecule has 1 aromatic heterocycles. The smallest absolute Gasteiger partial charge is 0.131 e. The number of hydrogen-bond acceptors (Lipinski definition) is 2. The standard InChI is InChI=1S/C15H18BrClN2O/c1-5-12-14(16)13(19(4)18-12)8-20-15-9(2)6-11(17)7-10(15)3/h6-7H,5,8H2,1-4H3. The summed E-state index contributed by atoms with van der Waals surface area (Å²) in [6, 6.07) is 3.83. The predicted molar refractivity (Wildman–Crippen MR) is 85.5 cm³/mol. The Morgan fingerprint density at radius 1 is 1.30 bits per heavy atom. The fraction of sp³-hybridized carbons (Fsp3) is 0.400. The van der Waals surface area contributed by atoms with Gasteiger partial charge in [-0.25, -0.2) is 0 Å². The summed E-state index contributed by atoms with van der Waals surface area (Å²) < 4.78 is 8.88. The van der Waals surface area contributed by atoms with Crippen LogP contribution in [-0.4, -0.2) is 9.78 Å². The molecule has 0 aliphatic rings. The van der Waals surface area contributed by atoms with Gasteiger partial charge in [0.05, 0.1) is 15.9 Å². The van der Waals surface area contributed by atoms with E-state index in [1.54, 1.807) is 0 Å². The Morgan fingerprint density at radius 2 is 1.90 bits per heavy atom. The van der Waals surface area contributed by atoms with Crippen LogP contribution in [0.3, 0.4) is 0 Å². The van der Waals surface area contributed by atoms with E-state index in [9.17, 15) is 0 Å². The molecule has 0 radical (unpaired) electrons. The minimum absolute atomic E-state index is 0.480. The normalized spacial score (nSPS) is 10.9. The highest BCUT2D eigenvalue weighted by atomic mass is 79.9. The van der Waals surface area contributed by atoms with Gasteiger partial charge in [-0.05, 0) is 59.5 Å². The van der Waals surface area contributed by atoms with Crippen LogP contribution >= 0.6 is 27.5 Å². The van der Waals surface area contributed by atoms with E-state index in [0.717, 1.165) is 44.2 Å². The molecule has 1 aromatic carbocycles. The van der Waals surface area contributed by atoms with Gasteiger partial charge in [-0.2, -0.15) is 5.10 Å². The zero-order valence-corrected chi connectivity index (χ0v) is 14.5. The minimum Gasteiger partial charge on any atom is -0.487 e. The number of benzene rings is 1. The number of nitrogens with zero attached hydrogens (tertiary/aromatic N) is 2. The number of ether oxygens (including phenoxy) is 1. The van der Waals surface area contributed by atoms with Crippen molar-refractivity contribution in [2.24, 2.45) is 7.05 Å². The second-order valence-corrected chi connectivity index (χ2v) is 6.07. The first kappa shape index (κ1) is 15.4. The van der Waals surface area contributed by atoms with Crippen LogP contribution in [-0.2, 0) is 20.1 Å². The van der Waals surface area contributed by atoms with E-state index in [2.05, 4.69) is 28.0 Å². The molecule has 0 bridgehead atoms. The van der Waals surface area contributed by atoms with Crippen molar-refractivity contribution in [2.45, 2.75) is 33.8 Å². The van der Waals surface area contributed by atoms with E-state index in [1.807, 2.05) is 37.7 Å². The van der Waals surface area contributed by atoms with E-state index in [0.29, 0.717) is 6.61 Å². The summed E-state index contributed by atoms with van der Waals surface area (Å²) in [7, 11) is 1.93. The van der Waals surface area contributed by atoms with Gasteiger partial charge >= 0.3 is 0 Å². The van der Waals surface area contributed by atoms with Crippen LogP contribution in [0, 0.1) is 13.8 Å². The first-order chi connectivity index (χ1) is 9.43. The zero-order valence-electron chi connectivity index (χ0n) is 12.1. The number of aromatic nitrogens is 2. The molecule has 0 amide bonds. The highest BCUT2D eigenvalue weighted by molar-refractivity contribution is 9.10. The van der Waals surface area contributed by atoms with Gasteiger partial charge in [0.25, 0.3) is 0 Å². The molecule has 20 heavy (non-hydrogen) atoms. The summed E-state index contributed by atoms with van der Waals surface area (Å²) in [6.45, 7) is 6.58. The first-order valence-electron chi connectivity index (χ1n) is 6.53. The molecule has 0 N–H and O–H groups in total. The molecule has 108 valence electrons. The van der Waals surface area contributed by atoms with Gasteiger partial charge in [0.2, 0.25) is 0 Å². The maximum absolute atomic E-state index is 6.03. The van der Waals surface area contributed by atoms with Crippen molar-refractivity contribution >= 4 is 27.5 Å². The van der Waals surface area contributed by atoms with E-state index < -0.39 is 0 Å². The van der Waals surface area contributed by atoms with E-state index in [4.69, 9.17) is 16.3 Å². The Hall–Kier alpha value is -1.000. The van der Waals surface area contributed by atoms with Gasteiger partial charge in [-0.3, -0.25) is 4.68 Å². The fourth-order valence-corrected chi connectivity index (χ4v) is 3.30. The first-order valence-corrected chi connectivity index (χ1v) is 7.71. The lowest BCUT2D eigenvalue weighted by Gasteiger charge is -2.13. The second kappa shape index (κ2) is 6.19. The molecular formula is C15H18BrClN2O. The molecule has 2 aromatic rings. The fourth-order valence-electron chi connectivity index (χ4n) is 2.24. The van der Waals surface area contributed by atoms with Gasteiger partial charge in [0.1, 0.15) is 12.4 Å². The van der Waals surface area contributed by atoms with Crippen molar-refractivity contribution in [2.75, 3.05) is 0 Å². The SMILES string of the molecule is CCc1nn(C)c(COc2c(C)cc(Cl)cc2C)c1Br. The monoisotopic (exact) mass is 356 g/mol. The molecule has 0 aliphatic carbocycles. The topological polar surface area (TPSA) is 27.1 Å². The molecule has 0 fully saturated rings. The van der Waals surface area contributed by atoms with Crippen molar-refractivity contribution in [3.8, 4) is 5.75 Å². The van der Waals surface area contributed by atoms with Crippen molar-refractivity contribution in [3.63, 3.8) is 0 Å². The Balaban J connectivity index is 2.24. The molecule has 0 unspecified atom stereocenters. The minimum atomic E-state index is 0.480. The average molecular weight is 358 g/mol. The van der Waals surface area contributed by atoms with Crippen LogP contribution in [0.1, 0.15) is 29.4 Å². The number of halogens is 2. The van der Waals surface area contributed by atoms with Gasteiger partial charge in [-0.1, -0.05) is 18.5 Å². The van der Waals surface area contributed by atoms with Crippen LogP contribution in [0.15, 0.2) is 16.6 Å². The van der Waals surface area contributed by atoms with Crippen molar-refractivity contribution in [1.82, 2.24) is 9.78 Å². The van der Waals surface area contributed by atoms with Crippen LogP contribution in [0.25, 0.3) is 0 Å². The second-order valence-electron chi connectivity index (χ2n) is 4.84. The molecule has 1 heterocycles. The summed E-state index contributed by atoms with van der Waals surface area (Å²) in [5, 5.41) is 5.21. The van der Waals surface area contributed by atoms with Gasteiger partial charge in [0.15, 0.2) is 0 Å². The van der Waals surface area contributed by atoms with Gasteiger partial charge in [0, 0.05) is 12.1 Å². The molecule has 0 saturated heterocycles. The maximum Gasteiger partial charge on any atom is 0.131 e. The number of rotatable bonds is 4. The van der Waals surface area contributed by atoms with Crippen molar-refractivity contribution in [3.05, 3.63) is 44.1 Å². The zero-order chi connectivity index (χ0) is 14.9. The lowest BCUT2D eigenvalue weighted by atomic mass is 10.1. The van der Waals surface area contributed by atoms with Crippen molar-refractivity contribution < 1.29 is 4.74 Å². The third-order valence-electron chi connectivity index (χ3n) is 3.28.